The van der Waals surface area contributed by atoms with Gasteiger partial charge in [-0.25, -0.2) is 13.2 Å². The molecule has 1 fully saturated rings. The maximum atomic E-state index is 13.9. The Morgan fingerprint density at radius 1 is 0.919 bits per heavy atom. The zero-order valence-electron chi connectivity index (χ0n) is 18.3. The zero-order valence-corrected chi connectivity index (χ0v) is 20.5. The van der Waals surface area contributed by atoms with Gasteiger partial charge in [0.2, 0.25) is 5.91 Å². The van der Waals surface area contributed by atoms with Gasteiger partial charge in [-0.2, -0.15) is 13.2 Å². The van der Waals surface area contributed by atoms with Crippen molar-refractivity contribution in [3.05, 3.63) is 99.3 Å². The molecule has 1 aliphatic carbocycles. The number of hydrogen-bond acceptors (Lipinski definition) is 2. The molecule has 4 rings (SSSR count). The van der Waals surface area contributed by atoms with Gasteiger partial charge in [0.05, 0.1) is 16.5 Å². The van der Waals surface area contributed by atoms with Crippen LogP contribution in [0.5, 0.6) is 0 Å². The minimum Gasteiger partial charge on any atom is -0.326 e. The normalized spacial score (nSPS) is 18.4. The first kappa shape index (κ1) is 27.3. The van der Waals surface area contributed by atoms with Crippen LogP contribution in [0, 0.1) is 23.4 Å². The van der Waals surface area contributed by atoms with Crippen molar-refractivity contribution in [1.29, 1.82) is 0 Å². The second-order valence-electron chi connectivity index (χ2n) is 8.39. The molecule has 0 saturated heterocycles. The molecule has 12 heteroatoms. The van der Waals surface area contributed by atoms with Gasteiger partial charge < -0.3 is 5.32 Å². The molecule has 0 aromatic heterocycles. The van der Waals surface area contributed by atoms with E-state index >= 15 is 0 Å². The number of rotatable bonds is 6. The van der Waals surface area contributed by atoms with Gasteiger partial charge in [0.1, 0.15) is 21.8 Å². The Bertz CT molecular complexity index is 1410. The van der Waals surface area contributed by atoms with E-state index in [4.69, 9.17) is 34.8 Å². The molecule has 0 heterocycles. The van der Waals surface area contributed by atoms with E-state index in [0.29, 0.717) is 18.2 Å². The summed E-state index contributed by atoms with van der Waals surface area (Å²) >= 11 is 18.5. The number of hydrogen-bond donors (Lipinski definition) is 1. The molecule has 0 radical (unpaired) electrons. The van der Waals surface area contributed by atoms with Crippen molar-refractivity contribution in [2.24, 2.45) is 5.92 Å². The fourth-order valence-electron chi connectivity index (χ4n) is 3.99. The van der Waals surface area contributed by atoms with Crippen LogP contribution in [-0.4, -0.2) is 16.0 Å². The molecule has 1 saturated carbocycles. The monoisotopic (exact) mass is 579 g/mol. The summed E-state index contributed by atoms with van der Waals surface area (Å²) in [5.74, 6) is -6.84. The lowest BCUT2D eigenvalue weighted by Crippen LogP contribution is -2.17. The predicted molar refractivity (Wildman–Crippen MR) is 127 cm³/mol. The van der Waals surface area contributed by atoms with Crippen LogP contribution in [0.25, 0.3) is 0 Å². The average molecular weight is 581 g/mol. The van der Waals surface area contributed by atoms with Gasteiger partial charge in [0.25, 0.3) is 0 Å². The third-order valence-corrected chi connectivity index (χ3v) is 7.16. The summed E-state index contributed by atoms with van der Waals surface area (Å²) in [6.07, 6.45) is -5.40. The van der Waals surface area contributed by atoms with Crippen LogP contribution >= 0.6 is 34.8 Å². The lowest BCUT2D eigenvalue weighted by molar-refractivity contribution is -0.140. The number of alkyl halides is 5. The number of Topliss-reactive ketones (excluding diaryl/α,β-unsaturated/α-hetero) is 1. The summed E-state index contributed by atoms with van der Waals surface area (Å²) in [4.78, 5) is 25.6. The van der Waals surface area contributed by atoms with Crippen LogP contribution in [0.1, 0.15) is 33.0 Å². The molecule has 194 valence electrons. The molecule has 0 spiro atoms. The van der Waals surface area contributed by atoms with Crippen molar-refractivity contribution in [2.45, 2.75) is 22.8 Å². The highest BCUT2D eigenvalue weighted by Crippen LogP contribution is 2.65. The third kappa shape index (κ3) is 5.58. The Morgan fingerprint density at radius 3 is 2.27 bits per heavy atom. The second-order valence-corrected chi connectivity index (χ2v) is 10.2. The van der Waals surface area contributed by atoms with Crippen LogP contribution in [0.2, 0.25) is 5.02 Å². The van der Waals surface area contributed by atoms with Gasteiger partial charge in [-0.05, 0) is 47.5 Å². The molecule has 1 aliphatic rings. The van der Waals surface area contributed by atoms with Crippen molar-refractivity contribution >= 4 is 52.2 Å². The maximum Gasteiger partial charge on any atom is 0.419 e. The Hall–Kier alpha value is -2.75. The molecular formula is C25H14Cl3F6NO2. The highest BCUT2D eigenvalue weighted by molar-refractivity contribution is 6.53. The Labute approximate surface area is 221 Å². The number of nitrogens with one attached hydrogen (secondary N) is 1. The maximum absolute atomic E-state index is 13.9. The van der Waals surface area contributed by atoms with E-state index < -0.39 is 63.5 Å². The molecule has 3 aromatic rings. The quantitative estimate of drug-likeness (QED) is 0.184. The Kier molecular flexibility index (Phi) is 7.27. The lowest BCUT2D eigenvalue weighted by Gasteiger charge is -2.11. The number of benzene rings is 3. The first-order valence-corrected chi connectivity index (χ1v) is 11.7. The number of anilines is 1. The smallest absolute Gasteiger partial charge is 0.326 e. The van der Waals surface area contributed by atoms with Gasteiger partial charge >= 0.3 is 6.18 Å². The third-order valence-electron chi connectivity index (χ3n) is 5.89. The molecule has 0 bridgehead atoms. The SMILES string of the molecule is O=C(Cc1ccc(F)cc1F)c1cc(NC(=O)C2C(c3ccc(F)c(C(F)(F)F)c3)C2(Cl)Cl)ccc1Cl. The molecule has 3 aromatic carbocycles. The van der Waals surface area contributed by atoms with Crippen LogP contribution in [0.15, 0.2) is 54.6 Å². The number of amides is 1. The van der Waals surface area contributed by atoms with E-state index in [9.17, 15) is 35.9 Å². The second kappa shape index (κ2) is 9.85. The summed E-state index contributed by atoms with van der Waals surface area (Å²) in [6.45, 7) is 0. The van der Waals surface area contributed by atoms with Crippen LogP contribution in [-0.2, 0) is 17.4 Å². The minimum absolute atomic E-state index is 0.00448. The van der Waals surface area contributed by atoms with Crippen molar-refractivity contribution in [2.75, 3.05) is 5.32 Å². The fraction of sp³-hybridized carbons (Fsp3) is 0.200. The van der Waals surface area contributed by atoms with Crippen molar-refractivity contribution < 1.29 is 35.9 Å². The number of carbonyl (C=O) groups excluding carboxylic acids is 2. The van der Waals surface area contributed by atoms with Crippen LogP contribution < -0.4 is 5.32 Å². The first-order chi connectivity index (χ1) is 17.2. The minimum atomic E-state index is -4.96. The summed E-state index contributed by atoms with van der Waals surface area (Å²) in [7, 11) is 0. The Balaban J connectivity index is 1.53. The molecule has 0 aliphatic heterocycles. The number of halogens is 9. The van der Waals surface area contributed by atoms with E-state index in [2.05, 4.69) is 5.32 Å². The Morgan fingerprint density at radius 2 is 1.62 bits per heavy atom. The van der Waals surface area contributed by atoms with Gasteiger partial charge in [-0.3, -0.25) is 9.59 Å². The van der Waals surface area contributed by atoms with Gasteiger partial charge in [-0.15, -0.1) is 23.2 Å². The highest BCUT2D eigenvalue weighted by atomic mass is 35.5. The van der Waals surface area contributed by atoms with E-state index in [1.165, 1.54) is 18.2 Å². The topological polar surface area (TPSA) is 46.2 Å². The predicted octanol–water partition coefficient (Wildman–Crippen LogP) is 7.73. The van der Waals surface area contributed by atoms with Crippen LogP contribution in [0.3, 0.4) is 0 Å². The van der Waals surface area contributed by atoms with Gasteiger partial charge in [-0.1, -0.05) is 23.7 Å². The van der Waals surface area contributed by atoms with Gasteiger partial charge in [0, 0.05) is 29.7 Å². The summed E-state index contributed by atoms with van der Waals surface area (Å²) in [5.41, 5.74) is -1.63. The van der Waals surface area contributed by atoms with E-state index in [0.717, 1.165) is 18.2 Å². The van der Waals surface area contributed by atoms with Crippen molar-refractivity contribution in [1.82, 2.24) is 0 Å². The van der Waals surface area contributed by atoms with Crippen molar-refractivity contribution in [3.63, 3.8) is 0 Å². The highest BCUT2D eigenvalue weighted by Gasteiger charge is 2.67. The number of ketones is 1. The average Bonchev–Trinajstić information content (AvgIpc) is 3.38. The number of carbonyl (C=O) groups is 2. The molecule has 2 unspecified atom stereocenters. The molecule has 2 atom stereocenters. The standard InChI is InChI=1S/C25H14Cl3F6NO2/c26-17-5-4-14(10-15(17)20(36)8-11-1-3-13(29)9-19(11)31)35-23(37)22-21(24(22,27)28)12-2-6-18(30)16(7-12)25(32,33)34/h1-7,9-10,21-22H,8H2,(H,35,37). The first-order valence-electron chi connectivity index (χ1n) is 10.5. The van der Waals surface area contributed by atoms with Gasteiger partial charge in [0.15, 0.2) is 5.78 Å². The van der Waals surface area contributed by atoms with Crippen LogP contribution in [0.4, 0.5) is 32.0 Å². The summed E-state index contributed by atoms with van der Waals surface area (Å²) in [5, 5.41) is 2.49. The molecule has 37 heavy (non-hydrogen) atoms. The fourth-order valence-corrected chi connectivity index (χ4v) is 5.04. The van der Waals surface area contributed by atoms with E-state index in [1.807, 2.05) is 0 Å². The zero-order chi connectivity index (χ0) is 27.3. The van der Waals surface area contributed by atoms with E-state index in [1.54, 1.807) is 0 Å². The summed E-state index contributed by atoms with van der Waals surface area (Å²) < 4.78 is 78.3. The lowest BCUT2D eigenvalue weighted by atomic mass is 10.0. The molecular weight excluding hydrogens is 567 g/mol. The molecule has 3 nitrogen and oxygen atoms in total. The summed E-state index contributed by atoms with van der Waals surface area (Å²) in [6, 6.07) is 8.89. The van der Waals surface area contributed by atoms with E-state index in [-0.39, 0.29) is 27.4 Å². The largest absolute Gasteiger partial charge is 0.419 e. The molecule has 1 amide bonds. The van der Waals surface area contributed by atoms with Crippen molar-refractivity contribution in [3.8, 4) is 0 Å². The molecule has 1 N–H and O–H groups in total.